The van der Waals surface area contributed by atoms with Gasteiger partial charge in [0.05, 0.1) is 0 Å². The van der Waals surface area contributed by atoms with Crippen molar-refractivity contribution in [1.82, 2.24) is 14.7 Å². The molecule has 0 saturated carbocycles. The molecule has 2 heterocycles. The van der Waals surface area contributed by atoms with Crippen LogP contribution in [0.3, 0.4) is 0 Å². The van der Waals surface area contributed by atoms with Gasteiger partial charge in [-0.05, 0) is 44.8 Å². The molecule has 0 aliphatic carbocycles. The Morgan fingerprint density at radius 1 is 1.12 bits per heavy atom. The number of carboxylic acids is 1. The van der Waals surface area contributed by atoms with Crippen molar-refractivity contribution in [2.75, 3.05) is 40.3 Å². The minimum Gasteiger partial charge on any atom is -0.481 e. The number of hydrogen-bond donors (Lipinski definition) is 1. The molecule has 2 saturated heterocycles. The second kappa shape index (κ2) is 7.40. The van der Waals surface area contributed by atoms with E-state index >= 15 is 0 Å². The Balaban J connectivity index is 1.97. The van der Waals surface area contributed by atoms with Crippen molar-refractivity contribution in [3.8, 4) is 0 Å². The van der Waals surface area contributed by atoms with Gasteiger partial charge in [-0.2, -0.15) is 0 Å². The van der Waals surface area contributed by atoms with Crippen LogP contribution in [0.15, 0.2) is 0 Å². The highest BCUT2D eigenvalue weighted by Gasteiger charge is 2.42. The maximum atomic E-state index is 12.8. The third-order valence-corrected chi connectivity index (χ3v) is 5.65. The Bertz CT molecular complexity index is 467. The van der Waals surface area contributed by atoms with Gasteiger partial charge in [0.15, 0.2) is 0 Å². The smallest absolute Gasteiger partial charge is 0.316 e. The van der Waals surface area contributed by atoms with Crippen LogP contribution in [0.4, 0.5) is 0 Å². The Kier molecular flexibility index (Phi) is 5.91. The number of piperidine rings is 1. The van der Waals surface area contributed by atoms with Gasteiger partial charge >= 0.3 is 5.97 Å². The van der Waals surface area contributed by atoms with Gasteiger partial charge in [0.25, 0.3) is 0 Å². The molecule has 0 bridgehead atoms. The maximum Gasteiger partial charge on any atom is 0.316 e. The SMILES string of the molecule is CN1CCC(N2CCC(N(C)C(=O)C(C(=O)O)C(C)(C)C)C2)CC1. The summed E-state index contributed by atoms with van der Waals surface area (Å²) in [5, 5.41) is 9.49. The highest BCUT2D eigenvalue weighted by atomic mass is 16.4. The van der Waals surface area contributed by atoms with E-state index in [1.54, 1.807) is 11.9 Å². The summed E-state index contributed by atoms with van der Waals surface area (Å²) in [7, 11) is 3.93. The van der Waals surface area contributed by atoms with E-state index < -0.39 is 17.3 Å². The largest absolute Gasteiger partial charge is 0.481 e. The first kappa shape index (κ1) is 19.2. The predicted octanol–water partition coefficient (Wildman–Crippen LogP) is 1.36. The minimum absolute atomic E-state index is 0.126. The minimum atomic E-state index is -1.02. The Morgan fingerprint density at radius 2 is 1.71 bits per heavy atom. The van der Waals surface area contributed by atoms with Crippen LogP contribution in [0, 0.1) is 11.3 Å². The number of carboxylic acid groups (broad SMARTS) is 1. The molecule has 2 unspecified atom stereocenters. The van der Waals surface area contributed by atoms with Crippen LogP contribution >= 0.6 is 0 Å². The molecular formula is C18H33N3O3. The first-order valence-electron chi connectivity index (χ1n) is 9.03. The molecular weight excluding hydrogens is 306 g/mol. The molecule has 1 N–H and O–H groups in total. The quantitative estimate of drug-likeness (QED) is 0.784. The van der Waals surface area contributed by atoms with E-state index in [0.29, 0.717) is 6.04 Å². The number of likely N-dealkylation sites (N-methyl/N-ethyl adjacent to an activating group) is 1. The summed E-state index contributed by atoms with van der Waals surface area (Å²) in [5.74, 6) is -2.27. The van der Waals surface area contributed by atoms with Crippen molar-refractivity contribution in [3.05, 3.63) is 0 Å². The van der Waals surface area contributed by atoms with Crippen LogP contribution in [0.5, 0.6) is 0 Å². The lowest BCUT2D eigenvalue weighted by Gasteiger charge is -2.36. The molecule has 0 aromatic carbocycles. The lowest BCUT2D eigenvalue weighted by molar-refractivity contribution is -0.156. The van der Waals surface area contributed by atoms with Crippen molar-refractivity contribution in [1.29, 1.82) is 0 Å². The first-order chi connectivity index (χ1) is 11.1. The molecule has 2 rings (SSSR count). The Morgan fingerprint density at radius 3 is 2.21 bits per heavy atom. The highest BCUT2D eigenvalue weighted by Crippen LogP contribution is 2.30. The summed E-state index contributed by atoms with van der Waals surface area (Å²) >= 11 is 0. The average molecular weight is 339 g/mol. The van der Waals surface area contributed by atoms with Gasteiger partial charge < -0.3 is 14.9 Å². The van der Waals surface area contributed by atoms with Gasteiger partial charge in [-0.25, -0.2) is 0 Å². The summed E-state index contributed by atoms with van der Waals surface area (Å²) in [6, 6.07) is 0.731. The van der Waals surface area contributed by atoms with E-state index in [9.17, 15) is 14.7 Å². The molecule has 6 nitrogen and oxygen atoms in total. The van der Waals surface area contributed by atoms with Crippen LogP contribution in [-0.2, 0) is 9.59 Å². The lowest BCUT2D eigenvalue weighted by atomic mass is 9.79. The van der Waals surface area contributed by atoms with Gasteiger partial charge in [-0.3, -0.25) is 14.5 Å². The van der Waals surface area contributed by atoms with E-state index in [1.165, 1.54) is 12.8 Å². The molecule has 6 heteroatoms. The topological polar surface area (TPSA) is 64.1 Å². The second-order valence-corrected chi connectivity index (χ2v) is 8.56. The number of likely N-dealkylation sites (tertiary alicyclic amines) is 2. The van der Waals surface area contributed by atoms with Crippen molar-refractivity contribution in [3.63, 3.8) is 0 Å². The molecule has 0 spiro atoms. The number of amides is 1. The molecule has 2 aliphatic heterocycles. The molecule has 2 aliphatic rings. The van der Waals surface area contributed by atoms with Gasteiger partial charge in [-0.1, -0.05) is 20.8 Å². The third kappa shape index (κ3) is 4.28. The molecule has 2 atom stereocenters. The molecule has 2 fully saturated rings. The first-order valence-corrected chi connectivity index (χ1v) is 9.03. The summed E-state index contributed by atoms with van der Waals surface area (Å²) in [6.45, 7) is 9.58. The summed E-state index contributed by atoms with van der Waals surface area (Å²) in [5.41, 5.74) is -0.580. The number of hydrogen-bond acceptors (Lipinski definition) is 4. The van der Waals surface area contributed by atoms with Crippen LogP contribution in [0.25, 0.3) is 0 Å². The second-order valence-electron chi connectivity index (χ2n) is 8.56. The van der Waals surface area contributed by atoms with Crippen LogP contribution in [0.2, 0.25) is 0 Å². The summed E-state index contributed by atoms with van der Waals surface area (Å²) in [6.07, 6.45) is 3.30. The number of nitrogens with zero attached hydrogens (tertiary/aromatic N) is 3. The summed E-state index contributed by atoms with van der Waals surface area (Å²) in [4.78, 5) is 30.9. The van der Waals surface area contributed by atoms with Gasteiger partial charge in [0, 0.05) is 32.2 Å². The molecule has 1 amide bonds. The Hall–Kier alpha value is -1.14. The van der Waals surface area contributed by atoms with Crippen LogP contribution in [0.1, 0.15) is 40.0 Å². The van der Waals surface area contributed by atoms with E-state index in [1.807, 2.05) is 20.8 Å². The zero-order chi connectivity index (χ0) is 18.1. The average Bonchev–Trinajstić information content (AvgIpc) is 2.95. The normalized spacial score (nSPS) is 25.6. The van der Waals surface area contributed by atoms with Crippen molar-refractivity contribution in [2.45, 2.75) is 52.1 Å². The molecule has 0 radical (unpaired) electrons. The zero-order valence-electron chi connectivity index (χ0n) is 15.8. The molecule has 0 aromatic rings. The van der Waals surface area contributed by atoms with Crippen molar-refractivity contribution < 1.29 is 14.7 Å². The number of carbonyl (C=O) groups is 2. The fourth-order valence-electron chi connectivity index (χ4n) is 4.01. The van der Waals surface area contributed by atoms with Crippen molar-refractivity contribution in [2.24, 2.45) is 11.3 Å². The predicted molar refractivity (Wildman–Crippen MR) is 93.8 cm³/mol. The fourth-order valence-corrected chi connectivity index (χ4v) is 4.01. The van der Waals surface area contributed by atoms with Gasteiger partial charge in [-0.15, -0.1) is 0 Å². The molecule has 24 heavy (non-hydrogen) atoms. The highest BCUT2D eigenvalue weighted by molar-refractivity contribution is 5.97. The zero-order valence-corrected chi connectivity index (χ0v) is 15.8. The number of rotatable bonds is 4. The van der Waals surface area contributed by atoms with E-state index in [0.717, 1.165) is 32.6 Å². The maximum absolute atomic E-state index is 12.8. The van der Waals surface area contributed by atoms with Crippen LogP contribution in [-0.4, -0.2) is 84.0 Å². The number of carbonyl (C=O) groups excluding carboxylic acids is 1. The van der Waals surface area contributed by atoms with E-state index in [2.05, 4.69) is 16.8 Å². The Labute approximate surface area is 145 Å². The molecule has 138 valence electrons. The monoisotopic (exact) mass is 339 g/mol. The third-order valence-electron chi connectivity index (χ3n) is 5.65. The fraction of sp³-hybridized carbons (Fsp3) is 0.889. The number of aliphatic carboxylic acids is 1. The van der Waals surface area contributed by atoms with Gasteiger partial charge in [0.1, 0.15) is 5.92 Å². The summed E-state index contributed by atoms with van der Waals surface area (Å²) < 4.78 is 0. The molecule has 0 aromatic heterocycles. The van der Waals surface area contributed by atoms with Crippen molar-refractivity contribution >= 4 is 11.9 Å². The van der Waals surface area contributed by atoms with E-state index in [4.69, 9.17) is 0 Å². The standard InChI is InChI=1S/C18H33N3O3/c1-18(2,3)15(17(23)24)16(22)20(5)14-8-11-21(12-14)13-6-9-19(4)10-7-13/h13-15H,6-12H2,1-5H3,(H,23,24). The van der Waals surface area contributed by atoms with Gasteiger partial charge in [0.2, 0.25) is 5.91 Å². The lowest BCUT2D eigenvalue weighted by Crippen LogP contribution is -2.49. The van der Waals surface area contributed by atoms with E-state index in [-0.39, 0.29) is 11.9 Å². The van der Waals surface area contributed by atoms with Crippen LogP contribution < -0.4 is 0 Å².